The van der Waals surface area contributed by atoms with E-state index in [2.05, 4.69) is 65.4 Å². The average molecular weight is 561 g/mol. The van der Waals surface area contributed by atoms with Gasteiger partial charge in [0.25, 0.3) is 0 Å². The maximum absolute atomic E-state index is 9.35. The van der Waals surface area contributed by atoms with Gasteiger partial charge in [0, 0.05) is 56.1 Å². The van der Waals surface area contributed by atoms with Crippen LogP contribution in [0.4, 0.5) is 0 Å². The molecule has 7 heteroatoms. The number of likely N-dealkylation sites (tertiary alicyclic amines) is 1. The second-order valence-corrected chi connectivity index (χ2v) is 13.1. The molecule has 6 rings (SSSR count). The number of aliphatic hydroxyl groups excluding tert-OH is 1. The van der Waals surface area contributed by atoms with Crippen molar-refractivity contribution in [1.29, 1.82) is 0 Å². The first-order valence-electron chi connectivity index (χ1n) is 15.1. The van der Waals surface area contributed by atoms with Gasteiger partial charge in [-0.05, 0) is 86.4 Å². The summed E-state index contributed by atoms with van der Waals surface area (Å²) in [5, 5.41) is 14.1. The third kappa shape index (κ3) is 5.86. The summed E-state index contributed by atoms with van der Waals surface area (Å²) in [6, 6.07) is 13.1. The summed E-state index contributed by atoms with van der Waals surface area (Å²) in [6.07, 6.45) is 6.07. The molecular formula is C33H44N4O2S. The Morgan fingerprint density at radius 3 is 2.65 bits per heavy atom. The molecule has 2 aromatic carbocycles. The van der Waals surface area contributed by atoms with Crippen LogP contribution in [0.5, 0.6) is 5.75 Å². The number of piperidine rings is 1. The average Bonchev–Trinajstić information content (AvgIpc) is 3.56. The lowest BCUT2D eigenvalue weighted by atomic mass is 9.80. The van der Waals surface area contributed by atoms with Crippen molar-refractivity contribution < 1.29 is 9.84 Å². The van der Waals surface area contributed by atoms with Crippen molar-refractivity contribution in [3.05, 3.63) is 58.1 Å². The van der Waals surface area contributed by atoms with Crippen molar-refractivity contribution in [2.75, 3.05) is 59.0 Å². The molecule has 1 atom stereocenters. The Hall–Kier alpha value is -2.29. The smallest absolute Gasteiger partial charge is 0.124 e. The lowest BCUT2D eigenvalue weighted by Gasteiger charge is -2.34. The topological polar surface area (TPSA) is 60.9 Å². The number of hydrogen-bond acceptors (Lipinski definition) is 7. The molecule has 0 radical (unpaired) electrons. The van der Waals surface area contributed by atoms with Gasteiger partial charge in [0.15, 0.2) is 0 Å². The Labute approximate surface area is 243 Å². The Morgan fingerprint density at radius 2 is 1.82 bits per heavy atom. The molecule has 0 aliphatic carbocycles. The number of benzene rings is 2. The van der Waals surface area contributed by atoms with E-state index in [1.807, 2.05) is 11.3 Å². The highest BCUT2D eigenvalue weighted by molar-refractivity contribution is 7.15. The standard InChI is InChI=1S/C33H44N4O2S/c1-24-26(7-3-9-28(24)32-35-29-11-16-36(18-19-38)21-31(29)40-32)27-8-4-10-30(25(27)2)39-20-6-15-37-17-13-33(23-37)12-5-14-34-22-33/h3-4,7-10,34,38H,5-6,11-23H2,1-2H3. The number of rotatable bonds is 9. The van der Waals surface area contributed by atoms with Crippen molar-refractivity contribution in [2.45, 2.75) is 52.5 Å². The molecule has 3 aliphatic rings. The van der Waals surface area contributed by atoms with E-state index in [4.69, 9.17) is 9.72 Å². The number of nitrogens with zero attached hydrogens (tertiary/aromatic N) is 3. The molecule has 0 saturated carbocycles. The highest BCUT2D eigenvalue weighted by atomic mass is 32.1. The van der Waals surface area contributed by atoms with Crippen molar-refractivity contribution in [1.82, 2.24) is 20.1 Å². The fourth-order valence-electron chi connectivity index (χ4n) is 6.99. The third-order valence-electron chi connectivity index (χ3n) is 9.32. The predicted octanol–water partition coefficient (Wildman–Crippen LogP) is 5.29. The van der Waals surface area contributed by atoms with Gasteiger partial charge in [-0.1, -0.05) is 30.3 Å². The van der Waals surface area contributed by atoms with Gasteiger partial charge in [-0.2, -0.15) is 0 Å². The Bertz CT molecular complexity index is 1320. The minimum absolute atomic E-state index is 0.210. The fraction of sp³-hybridized carbons (Fsp3) is 0.545. The van der Waals surface area contributed by atoms with Gasteiger partial charge in [0.1, 0.15) is 10.8 Å². The molecule has 1 unspecified atom stereocenters. The van der Waals surface area contributed by atoms with Crippen LogP contribution in [0.15, 0.2) is 36.4 Å². The first kappa shape index (κ1) is 27.9. The SMILES string of the molecule is Cc1c(OCCCN2CCC3(CCCNC3)C2)cccc1-c1cccc(-c2nc3c(s2)CN(CCO)CC3)c1C. The quantitative estimate of drug-likeness (QED) is 0.347. The Morgan fingerprint density at radius 1 is 1.00 bits per heavy atom. The lowest BCUT2D eigenvalue weighted by Crippen LogP contribution is -2.42. The zero-order valence-corrected chi connectivity index (χ0v) is 25.0. The van der Waals surface area contributed by atoms with Crippen LogP contribution in [0.25, 0.3) is 21.7 Å². The van der Waals surface area contributed by atoms with Gasteiger partial charge in [0.05, 0.1) is 18.9 Å². The lowest BCUT2D eigenvalue weighted by molar-refractivity contribution is 0.185. The molecule has 0 amide bonds. The second kappa shape index (κ2) is 12.3. The monoisotopic (exact) mass is 560 g/mol. The van der Waals surface area contributed by atoms with Crippen molar-refractivity contribution >= 4 is 11.3 Å². The van der Waals surface area contributed by atoms with E-state index in [1.165, 1.54) is 83.8 Å². The molecular weight excluding hydrogens is 516 g/mol. The van der Waals surface area contributed by atoms with Crippen LogP contribution >= 0.6 is 11.3 Å². The molecule has 4 heterocycles. The molecule has 3 aliphatic heterocycles. The number of β-amino-alcohol motifs (C(OH)–C–C–N with tert-alkyl or cyclic N) is 1. The molecule has 40 heavy (non-hydrogen) atoms. The van der Waals surface area contributed by atoms with Crippen molar-refractivity contribution in [2.24, 2.45) is 5.41 Å². The van der Waals surface area contributed by atoms with Crippen LogP contribution in [0.3, 0.4) is 0 Å². The number of nitrogens with one attached hydrogen (secondary N) is 1. The summed E-state index contributed by atoms with van der Waals surface area (Å²) in [7, 11) is 0. The third-order valence-corrected chi connectivity index (χ3v) is 10.4. The van der Waals surface area contributed by atoms with Crippen LogP contribution in [-0.4, -0.2) is 78.9 Å². The summed E-state index contributed by atoms with van der Waals surface area (Å²) in [5.74, 6) is 0.991. The number of fused-ring (bicyclic) bond motifs is 1. The molecule has 6 nitrogen and oxygen atoms in total. The van der Waals surface area contributed by atoms with Crippen LogP contribution in [0.2, 0.25) is 0 Å². The van der Waals surface area contributed by atoms with E-state index < -0.39 is 0 Å². The molecule has 3 aromatic rings. The highest BCUT2D eigenvalue weighted by Gasteiger charge is 2.38. The second-order valence-electron chi connectivity index (χ2n) is 12.1. The molecule has 1 spiro atoms. The van der Waals surface area contributed by atoms with Crippen molar-refractivity contribution in [3.8, 4) is 27.4 Å². The summed E-state index contributed by atoms with van der Waals surface area (Å²) >= 11 is 1.81. The maximum atomic E-state index is 9.35. The summed E-state index contributed by atoms with van der Waals surface area (Å²) < 4.78 is 6.36. The van der Waals surface area contributed by atoms with E-state index >= 15 is 0 Å². The van der Waals surface area contributed by atoms with Gasteiger partial charge >= 0.3 is 0 Å². The minimum atomic E-state index is 0.210. The normalized spacial score (nSPS) is 21.7. The summed E-state index contributed by atoms with van der Waals surface area (Å²) in [4.78, 5) is 11.4. The number of aliphatic hydroxyl groups is 1. The van der Waals surface area contributed by atoms with Crippen molar-refractivity contribution in [3.63, 3.8) is 0 Å². The predicted molar refractivity (Wildman–Crippen MR) is 164 cm³/mol. The fourth-order valence-corrected chi connectivity index (χ4v) is 8.22. The first-order chi connectivity index (χ1) is 19.5. The number of ether oxygens (including phenoxy) is 1. The Balaban J connectivity index is 1.11. The van der Waals surface area contributed by atoms with E-state index in [1.54, 1.807) is 0 Å². The number of hydrogen-bond donors (Lipinski definition) is 2. The zero-order chi connectivity index (χ0) is 27.5. The maximum Gasteiger partial charge on any atom is 0.124 e. The largest absolute Gasteiger partial charge is 0.493 e. The van der Waals surface area contributed by atoms with Crippen LogP contribution in [-0.2, 0) is 13.0 Å². The number of aromatic nitrogens is 1. The van der Waals surface area contributed by atoms with Gasteiger partial charge in [0.2, 0.25) is 0 Å². The molecule has 0 bridgehead atoms. The first-order valence-corrected chi connectivity index (χ1v) is 15.9. The zero-order valence-electron chi connectivity index (χ0n) is 24.2. The molecule has 2 N–H and O–H groups in total. The van der Waals surface area contributed by atoms with Crippen LogP contribution in [0, 0.1) is 19.3 Å². The van der Waals surface area contributed by atoms with Gasteiger partial charge in [-0.15, -0.1) is 11.3 Å². The van der Waals surface area contributed by atoms with Crippen LogP contribution < -0.4 is 10.1 Å². The number of thiazole rings is 1. The van der Waals surface area contributed by atoms with E-state index in [-0.39, 0.29) is 6.61 Å². The van der Waals surface area contributed by atoms with E-state index in [9.17, 15) is 5.11 Å². The highest BCUT2D eigenvalue weighted by Crippen LogP contribution is 2.39. The Kier molecular flexibility index (Phi) is 8.56. The minimum Gasteiger partial charge on any atom is -0.493 e. The van der Waals surface area contributed by atoms with E-state index in [0.29, 0.717) is 5.41 Å². The van der Waals surface area contributed by atoms with Gasteiger partial charge in [-0.3, -0.25) is 4.90 Å². The molecule has 2 saturated heterocycles. The van der Waals surface area contributed by atoms with Gasteiger partial charge in [-0.25, -0.2) is 4.98 Å². The van der Waals surface area contributed by atoms with Gasteiger partial charge < -0.3 is 20.1 Å². The summed E-state index contributed by atoms with van der Waals surface area (Å²) in [5.41, 5.74) is 7.92. The molecule has 1 aromatic heterocycles. The molecule has 214 valence electrons. The molecule has 2 fully saturated rings. The summed E-state index contributed by atoms with van der Waals surface area (Å²) in [6.45, 7) is 13.9. The van der Waals surface area contributed by atoms with E-state index in [0.717, 1.165) is 56.4 Å². The van der Waals surface area contributed by atoms with Crippen LogP contribution in [0.1, 0.15) is 47.4 Å².